The lowest BCUT2D eigenvalue weighted by Gasteiger charge is -2.35. The van der Waals surface area contributed by atoms with Crippen LogP contribution in [-0.2, 0) is 0 Å². The Hall–Kier alpha value is -2.27. The first-order valence-corrected chi connectivity index (χ1v) is 9.64. The van der Waals surface area contributed by atoms with E-state index in [2.05, 4.69) is 63.7 Å². The molecule has 26 heavy (non-hydrogen) atoms. The van der Waals surface area contributed by atoms with Gasteiger partial charge < -0.3 is 20.4 Å². The maximum atomic E-state index is 4.65. The molecule has 0 spiro atoms. The number of nitrogens with zero attached hydrogens (tertiary/aromatic N) is 3. The third kappa shape index (κ3) is 3.63. The molecule has 138 valence electrons. The number of hydrogen-bond acceptors (Lipinski definition) is 5. The molecule has 1 saturated heterocycles. The molecule has 2 heterocycles. The molecule has 2 N–H and O–H groups in total. The first-order valence-electron chi connectivity index (χ1n) is 9.64. The Morgan fingerprint density at radius 3 is 2.46 bits per heavy atom. The summed E-state index contributed by atoms with van der Waals surface area (Å²) in [5.74, 6) is 0.914. The Balaban J connectivity index is 1.69. The second kappa shape index (κ2) is 7.16. The molecular formula is C21H29N5. The van der Waals surface area contributed by atoms with Gasteiger partial charge in [0.05, 0.1) is 11.4 Å². The largest absolute Gasteiger partial charge is 0.381 e. The van der Waals surface area contributed by atoms with Gasteiger partial charge in [0.1, 0.15) is 5.82 Å². The monoisotopic (exact) mass is 351 g/mol. The van der Waals surface area contributed by atoms with Gasteiger partial charge in [-0.1, -0.05) is 6.07 Å². The fourth-order valence-corrected chi connectivity index (χ4v) is 3.58. The fraction of sp³-hybridized carbons (Fsp3) is 0.476. The minimum atomic E-state index is 0.658. The number of anilines is 3. The number of aryl methyl sites for hydroxylation is 1. The van der Waals surface area contributed by atoms with Gasteiger partial charge in [-0.05, 0) is 56.6 Å². The van der Waals surface area contributed by atoms with Gasteiger partial charge in [-0.25, -0.2) is 4.98 Å². The van der Waals surface area contributed by atoms with Gasteiger partial charge in [0.15, 0.2) is 0 Å². The van der Waals surface area contributed by atoms with Crippen LogP contribution in [0.2, 0.25) is 0 Å². The molecule has 0 unspecified atom stereocenters. The van der Waals surface area contributed by atoms with Crippen LogP contribution in [0.25, 0.3) is 11.1 Å². The SMILES string of the molecule is CNc1ccc(-c2ccc(NC3CC3)c(N3CCN(C)CC3)c2)c(C)n1. The van der Waals surface area contributed by atoms with E-state index in [4.69, 9.17) is 0 Å². The van der Waals surface area contributed by atoms with Gasteiger partial charge in [-0.2, -0.15) is 0 Å². The number of likely N-dealkylation sites (N-methyl/N-ethyl adjacent to an activating group) is 1. The van der Waals surface area contributed by atoms with Crippen molar-refractivity contribution in [1.82, 2.24) is 9.88 Å². The van der Waals surface area contributed by atoms with Crippen molar-refractivity contribution in [3.8, 4) is 11.1 Å². The Bertz CT molecular complexity index is 776. The van der Waals surface area contributed by atoms with E-state index < -0.39 is 0 Å². The van der Waals surface area contributed by atoms with Crippen LogP contribution in [0.15, 0.2) is 30.3 Å². The number of piperazine rings is 1. The third-order valence-electron chi connectivity index (χ3n) is 5.43. The molecule has 2 fully saturated rings. The van der Waals surface area contributed by atoms with Crippen molar-refractivity contribution in [2.75, 3.05) is 55.8 Å². The second-order valence-corrected chi connectivity index (χ2v) is 7.52. The quantitative estimate of drug-likeness (QED) is 0.864. The van der Waals surface area contributed by atoms with E-state index >= 15 is 0 Å². The van der Waals surface area contributed by atoms with Crippen LogP contribution in [0.4, 0.5) is 17.2 Å². The van der Waals surface area contributed by atoms with Gasteiger partial charge in [0, 0.05) is 50.5 Å². The van der Waals surface area contributed by atoms with E-state index in [1.807, 2.05) is 13.1 Å². The van der Waals surface area contributed by atoms with Gasteiger partial charge in [0.25, 0.3) is 0 Å². The lowest BCUT2D eigenvalue weighted by molar-refractivity contribution is 0.313. The minimum Gasteiger partial charge on any atom is -0.381 e. The van der Waals surface area contributed by atoms with Crippen molar-refractivity contribution < 1.29 is 0 Å². The van der Waals surface area contributed by atoms with Crippen molar-refractivity contribution in [2.24, 2.45) is 0 Å². The van der Waals surface area contributed by atoms with E-state index in [9.17, 15) is 0 Å². The van der Waals surface area contributed by atoms with E-state index in [-0.39, 0.29) is 0 Å². The number of aromatic nitrogens is 1. The van der Waals surface area contributed by atoms with Gasteiger partial charge >= 0.3 is 0 Å². The number of hydrogen-bond donors (Lipinski definition) is 2. The zero-order valence-electron chi connectivity index (χ0n) is 16.0. The zero-order chi connectivity index (χ0) is 18.1. The molecule has 0 radical (unpaired) electrons. The molecule has 2 aromatic rings. The molecule has 0 amide bonds. The fourth-order valence-electron chi connectivity index (χ4n) is 3.58. The number of benzene rings is 1. The number of rotatable bonds is 5. The molecule has 4 rings (SSSR count). The zero-order valence-corrected chi connectivity index (χ0v) is 16.0. The molecule has 1 aliphatic heterocycles. The molecule has 1 aromatic heterocycles. The highest BCUT2D eigenvalue weighted by Crippen LogP contribution is 2.36. The summed E-state index contributed by atoms with van der Waals surface area (Å²) < 4.78 is 0. The van der Waals surface area contributed by atoms with Crippen LogP contribution in [0.5, 0.6) is 0 Å². The number of pyridine rings is 1. The predicted octanol–water partition coefficient (Wildman–Crippen LogP) is 3.42. The van der Waals surface area contributed by atoms with Crippen LogP contribution in [0, 0.1) is 6.92 Å². The molecule has 0 atom stereocenters. The average Bonchev–Trinajstić information content (AvgIpc) is 3.47. The van der Waals surface area contributed by atoms with Crippen molar-refractivity contribution >= 4 is 17.2 Å². The second-order valence-electron chi connectivity index (χ2n) is 7.52. The predicted molar refractivity (Wildman–Crippen MR) is 110 cm³/mol. The van der Waals surface area contributed by atoms with Crippen LogP contribution < -0.4 is 15.5 Å². The summed E-state index contributed by atoms with van der Waals surface area (Å²) in [4.78, 5) is 9.58. The summed E-state index contributed by atoms with van der Waals surface area (Å²) in [5.41, 5.74) is 6.12. The van der Waals surface area contributed by atoms with Crippen molar-refractivity contribution in [3.05, 3.63) is 36.0 Å². The Morgan fingerprint density at radius 2 is 1.81 bits per heavy atom. The summed E-state index contributed by atoms with van der Waals surface area (Å²) in [6.45, 7) is 6.47. The summed E-state index contributed by atoms with van der Waals surface area (Å²) in [6.07, 6.45) is 2.58. The van der Waals surface area contributed by atoms with E-state index in [0.717, 1.165) is 37.7 Å². The first kappa shape index (κ1) is 17.2. The lowest BCUT2D eigenvalue weighted by atomic mass is 10.0. The summed E-state index contributed by atoms with van der Waals surface area (Å²) in [5, 5.41) is 6.84. The Kier molecular flexibility index (Phi) is 4.72. The van der Waals surface area contributed by atoms with Crippen molar-refractivity contribution in [1.29, 1.82) is 0 Å². The van der Waals surface area contributed by atoms with Crippen molar-refractivity contribution in [2.45, 2.75) is 25.8 Å². The normalized spacial score (nSPS) is 18.0. The molecule has 1 aromatic carbocycles. The summed E-state index contributed by atoms with van der Waals surface area (Å²) in [6, 6.07) is 11.7. The van der Waals surface area contributed by atoms with Crippen molar-refractivity contribution in [3.63, 3.8) is 0 Å². The molecular weight excluding hydrogens is 322 g/mol. The standard InChI is InChI=1S/C21H29N5/c1-15-18(7-9-21(22-2)23-15)16-4-8-19(24-17-5-6-17)20(14-16)26-12-10-25(3)11-13-26/h4,7-9,14,17,24H,5-6,10-13H2,1-3H3,(H,22,23). The lowest BCUT2D eigenvalue weighted by Crippen LogP contribution is -2.44. The Labute approximate surface area is 156 Å². The topological polar surface area (TPSA) is 43.4 Å². The van der Waals surface area contributed by atoms with Crippen LogP contribution in [0.3, 0.4) is 0 Å². The molecule has 5 nitrogen and oxygen atoms in total. The van der Waals surface area contributed by atoms with Crippen LogP contribution >= 0.6 is 0 Å². The summed E-state index contributed by atoms with van der Waals surface area (Å²) in [7, 11) is 4.11. The average molecular weight is 351 g/mol. The van der Waals surface area contributed by atoms with Crippen LogP contribution in [0.1, 0.15) is 18.5 Å². The van der Waals surface area contributed by atoms with Crippen LogP contribution in [-0.4, -0.2) is 56.2 Å². The highest BCUT2D eigenvalue weighted by Gasteiger charge is 2.24. The Morgan fingerprint density at radius 1 is 1.04 bits per heavy atom. The van der Waals surface area contributed by atoms with Gasteiger partial charge in [0.2, 0.25) is 0 Å². The minimum absolute atomic E-state index is 0.658. The first-order chi connectivity index (χ1) is 12.6. The summed E-state index contributed by atoms with van der Waals surface area (Å²) >= 11 is 0. The highest BCUT2D eigenvalue weighted by atomic mass is 15.3. The van der Waals surface area contributed by atoms with E-state index in [1.165, 1.54) is 35.3 Å². The molecule has 5 heteroatoms. The molecule has 2 aliphatic rings. The molecule has 0 bridgehead atoms. The number of nitrogens with one attached hydrogen (secondary N) is 2. The maximum Gasteiger partial charge on any atom is 0.125 e. The van der Waals surface area contributed by atoms with Gasteiger partial charge in [-0.15, -0.1) is 0 Å². The van der Waals surface area contributed by atoms with E-state index in [0.29, 0.717) is 6.04 Å². The maximum absolute atomic E-state index is 4.65. The third-order valence-corrected chi connectivity index (χ3v) is 5.43. The molecule has 1 aliphatic carbocycles. The smallest absolute Gasteiger partial charge is 0.125 e. The highest BCUT2D eigenvalue weighted by molar-refractivity contribution is 5.80. The van der Waals surface area contributed by atoms with E-state index in [1.54, 1.807) is 0 Å². The van der Waals surface area contributed by atoms with Gasteiger partial charge in [-0.3, -0.25) is 0 Å². The molecule has 1 saturated carbocycles.